The minimum atomic E-state index is -1.99. The summed E-state index contributed by atoms with van der Waals surface area (Å²) < 4.78 is 0. The normalized spacial score (nSPS) is 14.4. The summed E-state index contributed by atoms with van der Waals surface area (Å²) in [6.45, 7) is 10.1. The Bertz CT molecular complexity index is 2370. The third-order valence-electron chi connectivity index (χ3n) is 11.1. The fourth-order valence-corrected chi connectivity index (χ4v) is 15.0. The molecule has 49 heavy (non-hydrogen) atoms. The molecule has 0 radical (unpaired) electrons. The van der Waals surface area contributed by atoms with Crippen LogP contribution in [-0.2, 0) is 0 Å². The van der Waals surface area contributed by atoms with Gasteiger partial charge in [-0.25, -0.2) is 0 Å². The Labute approximate surface area is 292 Å². The average Bonchev–Trinajstić information content (AvgIpc) is 3.52. The molecule has 0 N–H and O–H groups in total. The van der Waals surface area contributed by atoms with Gasteiger partial charge in [-0.1, -0.05) is 154 Å². The van der Waals surface area contributed by atoms with E-state index in [9.17, 15) is 0 Å². The van der Waals surface area contributed by atoms with Gasteiger partial charge in [-0.05, 0) is 102 Å². The predicted molar refractivity (Wildman–Crippen MR) is 216 cm³/mol. The summed E-state index contributed by atoms with van der Waals surface area (Å²) in [5.41, 5.74) is 14.4. The van der Waals surface area contributed by atoms with E-state index in [1.54, 1.807) is 0 Å². The lowest BCUT2D eigenvalue weighted by Crippen LogP contribution is -2.51. The maximum Gasteiger partial charge on any atom is 0.116 e. The molecule has 7 aromatic rings. The highest BCUT2D eigenvalue weighted by Crippen LogP contribution is 2.41. The van der Waals surface area contributed by atoms with Gasteiger partial charge in [0.1, 0.15) is 16.1 Å². The maximum absolute atomic E-state index is 2.55. The monoisotopic (exact) mass is 661 g/mol. The first-order valence-electron chi connectivity index (χ1n) is 17.4. The van der Waals surface area contributed by atoms with E-state index in [0.717, 1.165) is 0 Å². The van der Waals surface area contributed by atoms with Gasteiger partial charge in [0.25, 0.3) is 0 Å². The van der Waals surface area contributed by atoms with Gasteiger partial charge in [-0.15, -0.1) is 0 Å². The van der Waals surface area contributed by atoms with Crippen molar-refractivity contribution in [3.8, 4) is 44.5 Å². The van der Waals surface area contributed by atoms with Crippen LogP contribution < -0.4 is 25.6 Å². The summed E-state index contributed by atoms with van der Waals surface area (Å²) in [7, 11) is -3.95. The van der Waals surface area contributed by atoms with Crippen LogP contribution in [0, 0.1) is 0 Å². The molecule has 0 saturated heterocycles. The molecular formula is C46H39NSi2. The van der Waals surface area contributed by atoms with E-state index in [2.05, 4.69) is 195 Å². The number of rotatable bonds is 5. The summed E-state index contributed by atoms with van der Waals surface area (Å²) in [4.78, 5) is 2.55. The molecule has 7 aromatic carbocycles. The van der Waals surface area contributed by atoms with Gasteiger partial charge < -0.3 is 4.90 Å². The second kappa shape index (κ2) is 11.2. The Kier molecular flexibility index (Phi) is 6.81. The van der Waals surface area contributed by atoms with Gasteiger partial charge >= 0.3 is 0 Å². The van der Waals surface area contributed by atoms with E-state index in [1.807, 2.05) is 0 Å². The van der Waals surface area contributed by atoms with E-state index >= 15 is 0 Å². The summed E-state index contributed by atoms with van der Waals surface area (Å²) >= 11 is 0. The molecule has 2 heterocycles. The fraction of sp³-hybridized carbons (Fsp3) is 0.0870. The Morgan fingerprint density at radius 2 is 0.898 bits per heavy atom. The van der Waals surface area contributed by atoms with Crippen molar-refractivity contribution in [2.24, 2.45) is 0 Å². The molecule has 0 amide bonds. The Balaban J connectivity index is 1.23. The fourth-order valence-electron chi connectivity index (χ4n) is 8.56. The lowest BCUT2D eigenvalue weighted by molar-refractivity contribution is 1.30. The third-order valence-corrected chi connectivity index (χ3v) is 18.2. The number of hydrogen-bond donors (Lipinski definition) is 0. The van der Waals surface area contributed by atoms with Gasteiger partial charge in [0, 0.05) is 17.1 Å². The van der Waals surface area contributed by atoms with Crippen molar-refractivity contribution in [1.82, 2.24) is 0 Å². The summed E-state index contributed by atoms with van der Waals surface area (Å²) in [6, 6.07) is 61.2. The molecule has 2 aliphatic rings. The highest BCUT2D eigenvalue weighted by molar-refractivity contribution is 7.05. The minimum Gasteiger partial charge on any atom is -0.311 e. The van der Waals surface area contributed by atoms with E-state index in [-0.39, 0.29) is 0 Å². The smallest absolute Gasteiger partial charge is 0.116 e. The topological polar surface area (TPSA) is 3.24 Å². The molecular weight excluding hydrogens is 623 g/mol. The van der Waals surface area contributed by atoms with Crippen LogP contribution in [0.25, 0.3) is 44.5 Å². The van der Waals surface area contributed by atoms with Crippen LogP contribution in [0.2, 0.25) is 26.2 Å². The zero-order valence-electron chi connectivity index (χ0n) is 28.5. The Morgan fingerprint density at radius 1 is 0.347 bits per heavy atom. The molecule has 3 heteroatoms. The average molecular weight is 662 g/mol. The van der Waals surface area contributed by atoms with Crippen LogP contribution in [0.15, 0.2) is 164 Å². The van der Waals surface area contributed by atoms with Crippen LogP contribution in [0.4, 0.5) is 17.1 Å². The molecule has 0 saturated carbocycles. The highest BCUT2D eigenvalue weighted by atomic mass is 28.3. The van der Waals surface area contributed by atoms with Gasteiger partial charge in [0.2, 0.25) is 0 Å². The van der Waals surface area contributed by atoms with Crippen molar-refractivity contribution in [3.05, 3.63) is 164 Å². The van der Waals surface area contributed by atoms with Gasteiger partial charge in [-0.2, -0.15) is 0 Å². The number of hydrogen-bond acceptors (Lipinski definition) is 1. The number of nitrogens with zero attached hydrogens (tertiary/aromatic N) is 1. The highest BCUT2D eigenvalue weighted by Gasteiger charge is 2.41. The van der Waals surface area contributed by atoms with E-state index in [1.165, 1.54) is 82.3 Å². The summed E-state index contributed by atoms with van der Waals surface area (Å²) in [5, 5.41) is 6.10. The van der Waals surface area contributed by atoms with Crippen molar-refractivity contribution in [3.63, 3.8) is 0 Å². The quantitative estimate of drug-likeness (QED) is 0.166. The first-order valence-corrected chi connectivity index (χ1v) is 23.4. The second-order valence-corrected chi connectivity index (χ2v) is 23.2. The molecule has 0 fully saturated rings. The van der Waals surface area contributed by atoms with Crippen LogP contribution in [0.1, 0.15) is 0 Å². The zero-order valence-corrected chi connectivity index (χ0v) is 30.5. The number of fused-ring (bicyclic) bond motifs is 6. The first kappa shape index (κ1) is 29.9. The van der Waals surface area contributed by atoms with Crippen LogP contribution in [0.5, 0.6) is 0 Å². The van der Waals surface area contributed by atoms with Crippen molar-refractivity contribution >= 4 is 54.0 Å². The van der Waals surface area contributed by atoms with Gasteiger partial charge in [0.05, 0.1) is 0 Å². The van der Waals surface area contributed by atoms with E-state index in [0.29, 0.717) is 0 Å². The summed E-state index contributed by atoms with van der Waals surface area (Å²) in [6.07, 6.45) is 0. The number of anilines is 3. The van der Waals surface area contributed by atoms with Crippen LogP contribution >= 0.6 is 0 Å². The first-order chi connectivity index (χ1) is 23.8. The molecule has 0 unspecified atom stereocenters. The number of benzene rings is 7. The Hall–Kier alpha value is -5.23. The van der Waals surface area contributed by atoms with Crippen molar-refractivity contribution in [1.29, 1.82) is 0 Å². The Morgan fingerprint density at radius 3 is 1.63 bits per heavy atom. The molecule has 0 atom stereocenters. The zero-order chi connectivity index (χ0) is 33.3. The van der Waals surface area contributed by atoms with Crippen molar-refractivity contribution in [2.75, 3.05) is 4.90 Å². The molecule has 0 bridgehead atoms. The molecule has 2 aliphatic heterocycles. The molecule has 9 rings (SSSR count). The SMILES string of the molecule is C[Si]1(C)c2ccc(-c3ccccc3)cc2-c2ccc(N(c3ccc(-c4ccccc4)cc3)c3cccc4c3[Si](C)(C)c3ccccc3-4)cc21. The lowest BCUT2D eigenvalue weighted by Gasteiger charge is -2.32. The molecule has 1 nitrogen and oxygen atoms in total. The minimum absolute atomic E-state index is 1.19. The molecule has 0 spiro atoms. The van der Waals surface area contributed by atoms with Crippen molar-refractivity contribution in [2.45, 2.75) is 26.2 Å². The predicted octanol–water partition coefficient (Wildman–Crippen LogP) is 10.1. The lowest BCUT2D eigenvalue weighted by atomic mass is 9.98. The summed E-state index contributed by atoms with van der Waals surface area (Å²) in [5.74, 6) is 0. The van der Waals surface area contributed by atoms with Crippen LogP contribution in [0.3, 0.4) is 0 Å². The second-order valence-electron chi connectivity index (χ2n) is 14.6. The van der Waals surface area contributed by atoms with Crippen molar-refractivity contribution < 1.29 is 0 Å². The third kappa shape index (κ3) is 4.64. The standard InChI is InChI=1S/C46H39NSi2/c1-48(2)44-29-24-35(33-16-9-6-10-17-33)30-41(44)39-28-27-37(31-45(39)48)47(36-25-22-34(23-26-36)32-14-7-5-8-15-32)42-20-13-19-40-38-18-11-12-21-43(38)49(3,4)46(40)42/h5-31H,1-4H3. The van der Waals surface area contributed by atoms with E-state index < -0.39 is 16.1 Å². The maximum atomic E-state index is 2.55. The van der Waals surface area contributed by atoms with Gasteiger partial charge in [-0.3, -0.25) is 0 Å². The van der Waals surface area contributed by atoms with Gasteiger partial charge in [0.15, 0.2) is 0 Å². The largest absolute Gasteiger partial charge is 0.311 e. The van der Waals surface area contributed by atoms with Crippen LogP contribution in [-0.4, -0.2) is 16.1 Å². The van der Waals surface area contributed by atoms with E-state index in [4.69, 9.17) is 0 Å². The molecule has 0 aromatic heterocycles. The molecule has 0 aliphatic carbocycles. The molecule has 236 valence electrons.